The van der Waals surface area contributed by atoms with Gasteiger partial charge < -0.3 is 0 Å². The quantitative estimate of drug-likeness (QED) is 0.236. The lowest BCUT2D eigenvalue weighted by molar-refractivity contribution is 0.971. The molecule has 0 atom stereocenters. The molecule has 5 aromatic rings. The molecule has 0 saturated heterocycles. The Labute approximate surface area is 189 Å². The van der Waals surface area contributed by atoms with Crippen LogP contribution in [0.25, 0.3) is 37.4 Å². The zero-order valence-corrected chi connectivity index (χ0v) is 18.6. The van der Waals surface area contributed by atoms with E-state index < -0.39 is 0 Å². The molecule has 0 aliphatic heterocycles. The lowest BCUT2D eigenvalue weighted by Gasteiger charge is -2.13. The smallest absolute Gasteiger partial charge is 0.266 e. The second kappa shape index (κ2) is 7.67. The van der Waals surface area contributed by atoms with Crippen molar-refractivity contribution in [1.29, 1.82) is 0 Å². The zero-order chi connectivity index (χ0) is 20.8. The number of fused-ring (bicyclic) bond motifs is 2. The lowest BCUT2D eigenvalue weighted by Crippen LogP contribution is -2.20. The third kappa shape index (κ3) is 3.18. The molecule has 2 aromatic carbocycles. The summed E-state index contributed by atoms with van der Waals surface area (Å²) in [5, 5.41) is 2.46. The van der Waals surface area contributed by atoms with Crippen molar-refractivity contribution in [1.82, 2.24) is 19.5 Å². The summed E-state index contributed by atoms with van der Waals surface area (Å²) >= 11 is 15.8. The number of nitrogens with zero attached hydrogens (tertiary/aromatic N) is 4. The normalized spacial score (nSPS) is 11.4. The fourth-order valence-corrected chi connectivity index (χ4v) is 5.13. The highest BCUT2D eigenvalue weighted by Crippen LogP contribution is 2.35. The van der Waals surface area contributed by atoms with E-state index in [0.29, 0.717) is 31.8 Å². The van der Waals surface area contributed by atoms with Gasteiger partial charge in [0.1, 0.15) is 5.01 Å². The topological polar surface area (TPSA) is 60.7 Å². The van der Waals surface area contributed by atoms with Crippen molar-refractivity contribution in [3.05, 3.63) is 75.3 Å². The summed E-state index contributed by atoms with van der Waals surface area (Å²) < 4.78 is 2.50. The molecule has 3 heterocycles. The molecule has 0 amide bonds. The Bertz CT molecular complexity index is 1440. The number of para-hydroxylation sites is 2. The highest BCUT2D eigenvalue weighted by atomic mass is 35.5. The fraction of sp³-hybridized carbons (Fsp3) is 0.0476. The summed E-state index contributed by atoms with van der Waals surface area (Å²) in [5.41, 5.74) is 2.29. The molecule has 5 rings (SSSR count). The average Bonchev–Trinajstić information content (AvgIpc) is 3.18. The van der Waals surface area contributed by atoms with Crippen LogP contribution >= 0.6 is 46.3 Å². The van der Waals surface area contributed by atoms with Crippen molar-refractivity contribution in [2.75, 3.05) is 6.26 Å². The Balaban J connectivity index is 1.90. The Morgan fingerprint density at radius 3 is 2.53 bits per heavy atom. The molecule has 0 spiro atoms. The summed E-state index contributed by atoms with van der Waals surface area (Å²) in [6, 6.07) is 13.0. The molecule has 0 fully saturated rings. The maximum Gasteiger partial charge on any atom is 0.266 e. The molecule has 0 N–H and O–H groups in total. The van der Waals surface area contributed by atoms with Gasteiger partial charge in [-0.2, -0.15) is 0 Å². The maximum absolute atomic E-state index is 13.3. The Kier molecular flexibility index (Phi) is 4.99. The van der Waals surface area contributed by atoms with Gasteiger partial charge in [0, 0.05) is 12.4 Å². The minimum atomic E-state index is -0.294. The van der Waals surface area contributed by atoms with Crippen LogP contribution in [0.2, 0.25) is 10.0 Å². The third-order valence-electron chi connectivity index (χ3n) is 4.61. The summed E-state index contributed by atoms with van der Waals surface area (Å²) in [4.78, 5) is 27.0. The summed E-state index contributed by atoms with van der Waals surface area (Å²) in [6.07, 6.45) is 5.16. The molecule has 9 heteroatoms. The largest absolute Gasteiger partial charge is 0.280 e. The van der Waals surface area contributed by atoms with Crippen molar-refractivity contribution in [3.8, 4) is 16.3 Å². The molecule has 5 nitrogen and oxygen atoms in total. The van der Waals surface area contributed by atoms with Crippen LogP contribution in [0.15, 0.2) is 64.8 Å². The van der Waals surface area contributed by atoms with Crippen LogP contribution in [-0.2, 0) is 0 Å². The van der Waals surface area contributed by atoms with E-state index in [4.69, 9.17) is 28.2 Å². The predicted molar refractivity (Wildman–Crippen MR) is 126 cm³/mol. The first kappa shape index (κ1) is 19.5. The van der Waals surface area contributed by atoms with Gasteiger partial charge in [-0.05, 0) is 30.5 Å². The van der Waals surface area contributed by atoms with Gasteiger partial charge in [-0.25, -0.2) is 15.0 Å². The number of thioether (sulfide) groups is 1. The minimum absolute atomic E-state index is 0.294. The molecule has 0 unspecified atom stereocenters. The molecule has 0 aliphatic rings. The number of hydrogen-bond acceptors (Lipinski definition) is 6. The standard InChI is InChI=1S/C21H12Cl2N4OS2/c1-29-21-24-9-11-17(26-21)12(19-25-15-7-2-3-8-16(15)30-19)10-27(20(11)28)18-13(22)5-4-6-14(18)23/h2-10H,1H3. The first-order valence-corrected chi connectivity index (χ1v) is 11.6. The highest BCUT2D eigenvalue weighted by Gasteiger charge is 2.19. The van der Waals surface area contributed by atoms with Gasteiger partial charge in [0.05, 0.1) is 42.4 Å². The number of hydrogen-bond donors (Lipinski definition) is 0. The van der Waals surface area contributed by atoms with E-state index >= 15 is 0 Å². The minimum Gasteiger partial charge on any atom is -0.280 e. The summed E-state index contributed by atoms with van der Waals surface area (Å²) in [7, 11) is 0. The van der Waals surface area contributed by atoms with E-state index in [1.54, 1.807) is 30.6 Å². The van der Waals surface area contributed by atoms with E-state index in [1.807, 2.05) is 30.5 Å². The molecule has 30 heavy (non-hydrogen) atoms. The SMILES string of the molecule is CSc1ncc2c(=O)n(-c3c(Cl)cccc3Cl)cc(-c3nc4ccccc4s3)c2n1. The monoisotopic (exact) mass is 470 g/mol. The van der Waals surface area contributed by atoms with Crippen LogP contribution in [0.3, 0.4) is 0 Å². The van der Waals surface area contributed by atoms with Crippen LogP contribution in [0.5, 0.6) is 0 Å². The molecule has 0 bridgehead atoms. The molecule has 3 aromatic heterocycles. The highest BCUT2D eigenvalue weighted by molar-refractivity contribution is 7.98. The number of rotatable bonds is 3. The van der Waals surface area contributed by atoms with Crippen LogP contribution in [0.4, 0.5) is 0 Å². The molecule has 0 radical (unpaired) electrons. The van der Waals surface area contributed by atoms with Crippen molar-refractivity contribution < 1.29 is 0 Å². The maximum atomic E-state index is 13.3. The van der Waals surface area contributed by atoms with E-state index in [0.717, 1.165) is 20.8 Å². The number of aromatic nitrogens is 4. The molecule has 148 valence electrons. The number of halogens is 2. The van der Waals surface area contributed by atoms with Crippen molar-refractivity contribution >= 4 is 67.4 Å². The lowest BCUT2D eigenvalue weighted by atomic mass is 10.2. The van der Waals surface area contributed by atoms with E-state index in [1.165, 1.54) is 27.7 Å². The first-order valence-electron chi connectivity index (χ1n) is 8.83. The van der Waals surface area contributed by atoms with Gasteiger partial charge in [-0.15, -0.1) is 11.3 Å². The van der Waals surface area contributed by atoms with Crippen molar-refractivity contribution in [2.24, 2.45) is 0 Å². The fourth-order valence-electron chi connectivity index (χ4n) is 3.23. The Morgan fingerprint density at radius 1 is 1.03 bits per heavy atom. The second-order valence-electron chi connectivity index (χ2n) is 6.39. The first-order chi connectivity index (χ1) is 14.6. The molecular formula is C21H12Cl2N4OS2. The average molecular weight is 471 g/mol. The number of benzene rings is 2. The van der Waals surface area contributed by atoms with Crippen LogP contribution in [-0.4, -0.2) is 25.8 Å². The molecular weight excluding hydrogens is 459 g/mol. The van der Waals surface area contributed by atoms with Crippen LogP contribution in [0.1, 0.15) is 0 Å². The second-order valence-corrected chi connectivity index (χ2v) is 9.01. The molecule has 0 saturated carbocycles. The van der Waals surface area contributed by atoms with Crippen LogP contribution < -0.4 is 5.56 Å². The third-order valence-corrected chi connectivity index (χ3v) is 6.86. The van der Waals surface area contributed by atoms with E-state index in [-0.39, 0.29) is 5.56 Å². The summed E-state index contributed by atoms with van der Waals surface area (Å²) in [5.74, 6) is 0. The van der Waals surface area contributed by atoms with E-state index in [9.17, 15) is 4.79 Å². The Morgan fingerprint density at radius 2 is 1.80 bits per heavy atom. The summed E-state index contributed by atoms with van der Waals surface area (Å²) in [6.45, 7) is 0. The molecule has 0 aliphatic carbocycles. The number of thiazole rings is 1. The number of pyridine rings is 1. The van der Waals surface area contributed by atoms with Crippen molar-refractivity contribution in [2.45, 2.75) is 5.16 Å². The Hall–Kier alpha value is -2.45. The van der Waals surface area contributed by atoms with Gasteiger partial charge >= 0.3 is 0 Å². The zero-order valence-electron chi connectivity index (χ0n) is 15.5. The van der Waals surface area contributed by atoms with Gasteiger partial charge in [0.2, 0.25) is 0 Å². The van der Waals surface area contributed by atoms with E-state index in [2.05, 4.69) is 9.97 Å². The van der Waals surface area contributed by atoms with Gasteiger partial charge in [-0.1, -0.05) is 53.2 Å². The van der Waals surface area contributed by atoms with Gasteiger partial charge in [0.25, 0.3) is 5.56 Å². The van der Waals surface area contributed by atoms with Crippen LogP contribution in [0, 0.1) is 0 Å². The predicted octanol–water partition coefficient (Wildman–Crippen LogP) is 6.09. The van der Waals surface area contributed by atoms with Gasteiger partial charge in [0.15, 0.2) is 5.16 Å². The van der Waals surface area contributed by atoms with Crippen molar-refractivity contribution in [3.63, 3.8) is 0 Å². The van der Waals surface area contributed by atoms with Gasteiger partial charge in [-0.3, -0.25) is 9.36 Å².